The van der Waals surface area contributed by atoms with Crippen LogP contribution in [0.15, 0.2) is 18.2 Å². The van der Waals surface area contributed by atoms with Gasteiger partial charge in [-0.15, -0.1) is 0 Å². The molecular formula is C12H12N2O3. The molecule has 5 heteroatoms. The summed E-state index contributed by atoms with van der Waals surface area (Å²) >= 11 is 0. The fourth-order valence-corrected chi connectivity index (χ4v) is 1.53. The number of ether oxygens (including phenoxy) is 2. The van der Waals surface area contributed by atoms with Gasteiger partial charge in [0.15, 0.2) is 11.5 Å². The molecule has 1 aromatic rings. The van der Waals surface area contributed by atoms with Crippen molar-refractivity contribution in [3.05, 3.63) is 23.8 Å². The van der Waals surface area contributed by atoms with Crippen molar-refractivity contribution < 1.29 is 14.3 Å². The molecule has 17 heavy (non-hydrogen) atoms. The fourth-order valence-electron chi connectivity index (χ4n) is 1.53. The van der Waals surface area contributed by atoms with Crippen LogP contribution < -0.4 is 14.8 Å². The Morgan fingerprint density at radius 2 is 2.12 bits per heavy atom. The summed E-state index contributed by atoms with van der Waals surface area (Å²) in [5.74, 6) is 0.939. The van der Waals surface area contributed by atoms with E-state index in [1.54, 1.807) is 18.2 Å². The molecule has 0 bridgehead atoms. The molecule has 1 N–H and O–H groups in total. The van der Waals surface area contributed by atoms with Gasteiger partial charge in [0.05, 0.1) is 19.3 Å². The minimum atomic E-state index is -0.290. The average Bonchev–Trinajstić information content (AvgIpc) is 2.60. The normalized spacial score (nSPS) is 13.4. The van der Waals surface area contributed by atoms with E-state index in [4.69, 9.17) is 14.7 Å². The Labute approximate surface area is 98.9 Å². The molecule has 1 aliphatic heterocycles. The zero-order valence-electron chi connectivity index (χ0n) is 9.23. The second kappa shape index (κ2) is 5.21. The molecule has 1 aromatic carbocycles. The number of hydrogen-bond acceptors (Lipinski definition) is 4. The van der Waals surface area contributed by atoms with E-state index in [0.717, 1.165) is 6.42 Å². The van der Waals surface area contributed by atoms with Gasteiger partial charge in [-0.1, -0.05) is 0 Å². The molecule has 0 fully saturated rings. The van der Waals surface area contributed by atoms with Crippen LogP contribution in [0, 0.1) is 11.3 Å². The van der Waals surface area contributed by atoms with Crippen molar-refractivity contribution in [3.8, 4) is 17.6 Å². The Morgan fingerprint density at radius 1 is 1.35 bits per heavy atom. The van der Waals surface area contributed by atoms with E-state index in [-0.39, 0.29) is 12.5 Å². The van der Waals surface area contributed by atoms with E-state index in [2.05, 4.69) is 5.32 Å². The van der Waals surface area contributed by atoms with E-state index in [1.807, 2.05) is 6.07 Å². The zero-order chi connectivity index (χ0) is 12.1. The predicted octanol–water partition coefficient (Wildman–Crippen LogP) is 1.10. The standard InChI is InChI=1S/C12H12N2O3/c13-4-5-14-12(15)9-2-3-10-11(8-9)17-7-1-6-16-10/h2-3,8H,1,5-7H2,(H,14,15). The Morgan fingerprint density at radius 3 is 2.88 bits per heavy atom. The average molecular weight is 232 g/mol. The van der Waals surface area contributed by atoms with Gasteiger partial charge in [0.2, 0.25) is 0 Å². The minimum absolute atomic E-state index is 0.00667. The summed E-state index contributed by atoms with van der Waals surface area (Å²) in [5, 5.41) is 10.9. The first-order valence-corrected chi connectivity index (χ1v) is 5.36. The lowest BCUT2D eigenvalue weighted by Crippen LogP contribution is -2.23. The zero-order valence-corrected chi connectivity index (χ0v) is 9.23. The number of carbonyl (C=O) groups excluding carboxylic acids is 1. The van der Waals surface area contributed by atoms with Crippen LogP contribution in [0.4, 0.5) is 0 Å². The second-order valence-corrected chi connectivity index (χ2v) is 3.55. The largest absolute Gasteiger partial charge is 0.490 e. The van der Waals surface area contributed by atoms with Crippen LogP contribution in [0.25, 0.3) is 0 Å². The van der Waals surface area contributed by atoms with Gasteiger partial charge in [-0.2, -0.15) is 5.26 Å². The maximum atomic E-state index is 11.6. The lowest BCUT2D eigenvalue weighted by molar-refractivity contribution is 0.0958. The molecule has 88 valence electrons. The number of nitrogens with one attached hydrogen (secondary N) is 1. The topological polar surface area (TPSA) is 71.4 Å². The van der Waals surface area contributed by atoms with Crippen LogP contribution in [0.2, 0.25) is 0 Å². The van der Waals surface area contributed by atoms with E-state index >= 15 is 0 Å². The number of fused-ring (bicyclic) bond motifs is 1. The fraction of sp³-hybridized carbons (Fsp3) is 0.333. The second-order valence-electron chi connectivity index (χ2n) is 3.55. The smallest absolute Gasteiger partial charge is 0.252 e. The van der Waals surface area contributed by atoms with Crippen molar-refractivity contribution >= 4 is 5.91 Å². The van der Waals surface area contributed by atoms with Crippen molar-refractivity contribution in [2.45, 2.75) is 6.42 Å². The van der Waals surface area contributed by atoms with Gasteiger partial charge in [-0.3, -0.25) is 4.79 Å². The van der Waals surface area contributed by atoms with Crippen molar-refractivity contribution in [2.75, 3.05) is 19.8 Å². The van der Waals surface area contributed by atoms with Gasteiger partial charge in [-0.25, -0.2) is 0 Å². The third-order valence-corrected chi connectivity index (χ3v) is 2.34. The number of benzene rings is 1. The molecule has 1 aliphatic rings. The van der Waals surface area contributed by atoms with Crippen LogP contribution in [0.1, 0.15) is 16.8 Å². The van der Waals surface area contributed by atoms with Crippen LogP contribution in [0.3, 0.4) is 0 Å². The van der Waals surface area contributed by atoms with Crippen LogP contribution in [0.5, 0.6) is 11.5 Å². The highest BCUT2D eigenvalue weighted by atomic mass is 16.5. The lowest BCUT2D eigenvalue weighted by Gasteiger charge is -2.08. The maximum absolute atomic E-state index is 11.6. The molecular weight excluding hydrogens is 220 g/mol. The van der Waals surface area contributed by atoms with Gasteiger partial charge in [0.1, 0.15) is 6.54 Å². The quantitative estimate of drug-likeness (QED) is 0.775. The Hall–Kier alpha value is -2.22. The van der Waals surface area contributed by atoms with Gasteiger partial charge >= 0.3 is 0 Å². The molecule has 0 aliphatic carbocycles. The van der Waals surface area contributed by atoms with Crippen LogP contribution in [-0.4, -0.2) is 25.7 Å². The highest BCUT2D eigenvalue weighted by Gasteiger charge is 2.13. The summed E-state index contributed by atoms with van der Waals surface area (Å²) < 4.78 is 10.9. The minimum Gasteiger partial charge on any atom is -0.490 e. The first kappa shape index (κ1) is 11.3. The molecule has 0 spiro atoms. The van der Waals surface area contributed by atoms with Gasteiger partial charge < -0.3 is 14.8 Å². The number of amides is 1. The van der Waals surface area contributed by atoms with Crippen LogP contribution >= 0.6 is 0 Å². The summed E-state index contributed by atoms with van der Waals surface area (Å²) in [5.41, 5.74) is 0.463. The molecule has 0 saturated carbocycles. The molecule has 2 rings (SSSR count). The lowest BCUT2D eigenvalue weighted by atomic mass is 10.2. The molecule has 0 radical (unpaired) electrons. The predicted molar refractivity (Wildman–Crippen MR) is 60.0 cm³/mol. The highest BCUT2D eigenvalue weighted by molar-refractivity contribution is 5.95. The van der Waals surface area contributed by atoms with Crippen molar-refractivity contribution in [1.29, 1.82) is 5.26 Å². The third kappa shape index (κ3) is 2.67. The van der Waals surface area contributed by atoms with E-state index in [1.165, 1.54) is 0 Å². The highest BCUT2D eigenvalue weighted by Crippen LogP contribution is 2.30. The Kier molecular flexibility index (Phi) is 3.46. The van der Waals surface area contributed by atoms with Crippen molar-refractivity contribution in [2.24, 2.45) is 0 Å². The number of carbonyl (C=O) groups is 1. The van der Waals surface area contributed by atoms with E-state index in [0.29, 0.717) is 30.3 Å². The molecule has 0 saturated heterocycles. The maximum Gasteiger partial charge on any atom is 0.252 e. The molecule has 1 heterocycles. The third-order valence-electron chi connectivity index (χ3n) is 2.34. The first-order chi connectivity index (χ1) is 8.31. The van der Waals surface area contributed by atoms with Gasteiger partial charge in [0, 0.05) is 12.0 Å². The molecule has 0 unspecified atom stereocenters. The summed E-state index contributed by atoms with van der Waals surface area (Å²) in [6.45, 7) is 1.19. The number of nitriles is 1. The van der Waals surface area contributed by atoms with Gasteiger partial charge in [0.25, 0.3) is 5.91 Å². The molecule has 5 nitrogen and oxygen atoms in total. The van der Waals surface area contributed by atoms with Crippen molar-refractivity contribution in [3.63, 3.8) is 0 Å². The number of rotatable bonds is 2. The summed E-state index contributed by atoms with van der Waals surface area (Å²) in [6, 6.07) is 6.85. The number of hydrogen-bond donors (Lipinski definition) is 1. The summed E-state index contributed by atoms with van der Waals surface area (Å²) in [7, 11) is 0. The molecule has 0 aromatic heterocycles. The van der Waals surface area contributed by atoms with E-state index in [9.17, 15) is 4.79 Å². The number of nitrogens with zero attached hydrogens (tertiary/aromatic N) is 1. The molecule has 1 amide bonds. The SMILES string of the molecule is N#CCNC(=O)c1ccc2c(c1)OCCCO2. The monoisotopic (exact) mass is 232 g/mol. The Bertz CT molecular complexity index is 465. The first-order valence-electron chi connectivity index (χ1n) is 5.36. The summed E-state index contributed by atoms with van der Waals surface area (Å²) in [4.78, 5) is 11.6. The molecule has 0 atom stereocenters. The van der Waals surface area contributed by atoms with E-state index < -0.39 is 0 Å². The summed E-state index contributed by atoms with van der Waals surface area (Å²) in [6.07, 6.45) is 0.824. The van der Waals surface area contributed by atoms with Crippen molar-refractivity contribution in [1.82, 2.24) is 5.32 Å². The Balaban J connectivity index is 2.18. The van der Waals surface area contributed by atoms with Crippen LogP contribution in [-0.2, 0) is 0 Å². The van der Waals surface area contributed by atoms with Gasteiger partial charge in [-0.05, 0) is 18.2 Å².